The molecule has 16 heavy (non-hydrogen) atoms. The normalized spacial score (nSPS) is 19.9. The lowest BCUT2D eigenvalue weighted by molar-refractivity contribution is 0.0381. The molecule has 1 aliphatic rings. The van der Waals surface area contributed by atoms with Crippen molar-refractivity contribution in [2.45, 2.75) is 12.7 Å². The van der Waals surface area contributed by atoms with E-state index >= 15 is 0 Å². The van der Waals surface area contributed by atoms with Crippen LogP contribution in [0.25, 0.3) is 0 Å². The molecule has 2 N–H and O–H groups in total. The summed E-state index contributed by atoms with van der Waals surface area (Å²) in [6.45, 7) is 1.27. The van der Waals surface area contributed by atoms with Gasteiger partial charge in [-0.25, -0.2) is 15.6 Å². The lowest BCUT2D eigenvalue weighted by atomic mass is 10.2. The van der Waals surface area contributed by atoms with E-state index in [9.17, 15) is 4.79 Å². The highest BCUT2D eigenvalue weighted by molar-refractivity contribution is 5.68. The smallest absolute Gasteiger partial charge is 0.424 e. The van der Waals surface area contributed by atoms with E-state index in [0.29, 0.717) is 19.8 Å². The SMILES string of the molecule is NN1C[C@@H](COCc2ccccc2)OC1=O. The van der Waals surface area contributed by atoms with Gasteiger partial charge in [-0.2, -0.15) is 0 Å². The molecule has 1 atom stereocenters. The Labute approximate surface area is 93.7 Å². The minimum atomic E-state index is -0.492. The fourth-order valence-electron chi connectivity index (χ4n) is 1.51. The minimum Gasteiger partial charge on any atom is -0.441 e. The van der Waals surface area contributed by atoms with Crippen molar-refractivity contribution in [2.75, 3.05) is 13.2 Å². The first-order valence-corrected chi connectivity index (χ1v) is 5.10. The number of nitrogens with two attached hydrogens (primary N) is 1. The predicted octanol–water partition coefficient (Wildman–Crippen LogP) is 0.898. The molecule has 1 saturated heterocycles. The van der Waals surface area contributed by atoms with Gasteiger partial charge in [0.2, 0.25) is 0 Å². The van der Waals surface area contributed by atoms with Gasteiger partial charge in [0.1, 0.15) is 6.10 Å². The van der Waals surface area contributed by atoms with Crippen molar-refractivity contribution in [1.29, 1.82) is 0 Å². The molecule has 0 bridgehead atoms. The standard InChI is InChI=1S/C11H14N2O3/c12-13-6-10(16-11(13)14)8-15-7-9-4-2-1-3-5-9/h1-5,10H,6-8,12H2/t10-/m0/s1. The zero-order valence-electron chi connectivity index (χ0n) is 8.83. The largest absolute Gasteiger partial charge is 0.441 e. The first kappa shape index (κ1) is 10.9. The highest BCUT2D eigenvalue weighted by atomic mass is 16.6. The number of hydrogen-bond acceptors (Lipinski definition) is 4. The number of hydrogen-bond donors (Lipinski definition) is 1. The van der Waals surface area contributed by atoms with Gasteiger partial charge < -0.3 is 9.47 Å². The van der Waals surface area contributed by atoms with Crippen LogP contribution in [0.4, 0.5) is 4.79 Å². The summed E-state index contributed by atoms with van der Waals surface area (Å²) in [5, 5.41) is 1.05. The zero-order chi connectivity index (χ0) is 11.4. The van der Waals surface area contributed by atoms with Gasteiger partial charge in [0.05, 0.1) is 19.8 Å². The maximum absolute atomic E-state index is 10.9. The van der Waals surface area contributed by atoms with Crippen LogP contribution in [0.2, 0.25) is 0 Å². The van der Waals surface area contributed by atoms with Gasteiger partial charge in [0.15, 0.2) is 0 Å². The summed E-state index contributed by atoms with van der Waals surface area (Å²) in [5.41, 5.74) is 1.09. The molecule has 2 rings (SSSR count). The van der Waals surface area contributed by atoms with Crippen molar-refractivity contribution < 1.29 is 14.3 Å². The lowest BCUT2D eigenvalue weighted by Gasteiger charge is -2.08. The topological polar surface area (TPSA) is 64.8 Å². The molecule has 1 aliphatic heterocycles. The number of cyclic esters (lactones) is 1. The second-order valence-corrected chi connectivity index (χ2v) is 3.66. The Morgan fingerprint density at radius 2 is 2.19 bits per heavy atom. The summed E-state index contributed by atoms with van der Waals surface area (Å²) >= 11 is 0. The first-order valence-electron chi connectivity index (χ1n) is 5.10. The van der Waals surface area contributed by atoms with Crippen LogP contribution in [0, 0.1) is 0 Å². The maximum atomic E-state index is 10.9. The van der Waals surface area contributed by atoms with E-state index in [0.717, 1.165) is 10.6 Å². The quantitative estimate of drug-likeness (QED) is 0.607. The monoisotopic (exact) mass is 222 g/mol. The van der Waals surface area contributed by atoms with Gasteiger partial charge in [0.25, 0.3) is 0 Å². The van der Waals surface area contributed by atoms with Gasteiger partial charge in [-0.15, -0.1) is 0 Å². The van der Waals surface area contributed by atoms with Crippen LogP contribution in [-0.2, 0) is 16.1 Å². The van der Waals surface area contributed by atoms with Crippen LogP contribution < -0.4 is 5.84 Å². The number of rotatable bonds is 4. The predicted molar refractivity (Wildman–Crippen MR) is 57.3 cm³/mol. The van der Waals surface area contributed by atoms with E-state index in [1.54, 1.807) is 0 Å². The van der Waals surface area contributed by atoms with Crippen LogP contribution >= 0.6 is 0 Å². The Balaban J connectivity index is 1.71. The zero-order valence-corrected chi connectivity index (χ0v) is 8.83. The number of hydrazine groups is 1. The molecule has 1 aromatic rings. The molecule has 0 spiro atoms. The molecule has 1 amide bonds. The van der Waals surface area contributed by atoms with Crippen molar-refractivity contribution in [3.63, 3.8) is 0 Å². The van der Waals surface area contributed by atoms with E-state index < -0.39 is 6.09 Å². The van der Waals surface area contributed by atoms with E-state index in [1.165, 1.54) is 0 Å². The van der Waals surface area contributed by atoms with Gasteiger partial charge in [-0.1, -0.05) is 30.3 Å². The Morgan fingerprint density at radius 1 is 1.44 bits per heavy atom. The van der Waals surface area contributed by atoms with Crippen LogP contribution in [-0.4, -0.2) is 30.4 Å². The number of amides is 1. The summed E-state index contributed by atoms with van der Waals surface area (Å²) in [7, 11) is 0. The van der Waals surface area contributed by atoms with Crippen LogP contribution in [0.5, 0.6) is 0 Å². The van der Waals surface area contributed by atoms with Crippen molar-refractivity contribution in [1.82, 2.24) is 5.01 Å². The fraction of sp³-hybridized carbons (Fsp3) is 0.364. The second kappa shape index (κ2) is 4.96. The average Bonchev–Trinajstić information content (AvgIpc) is 2.60. The van der Waals surface area contributed by atoms with Crippen molar-refractivity contribution >= 4 is 6.09 Å². The number of carbonyl (C=O) groups excluding carboxylic acids is 1. The summed E-state index contributed by atoms with van der Waals surface area (Å²) in [5.74, 6) is 5.35. The van der Waals surface area contributed by atoms with Crippen LogP contribution in [0.15, 0.2) is 30.3 Å². The fourth-order valence-corrected chi connectivity index (χ4v) is 1.51. The molecule has 0 saturated carbocycles. The molecule has 0 unspecified atom stereocenters. The summed E-state index contributed by atoms with van der Waals surface area (Å²) < 4.78 is 10.4. The Morgan fingerprint density at radius 3 is 2.81 bits per heavy atom. The van der Waals surface area contributed by atoms with Crippen molar-refractivity contribution in [3.05, 3.63) is 35.9 Å². The van der Waals surface area contributed by atoms with Crippen molar-refractivity contribution in [3.8, 4) is 0 Å². The molecule has 1 heterocycles. The third kappa shape index (κ3) is 2.71. The second-order valence-electron chi connectivity index (χ2n) is 3.66. The number of ether oxygens (including phenoxy) is 2. The average molecular weight is 222 g/mol. The van der Waals surface area contributed by atoms with Crippen LogP contribution in [0.1, 0.15) is 5.56 Å². The summed E-state index contributed by atoms with van der Waals surface area (Å²) in [6.07, 6.45) is -0.755. The molecule has 1 aromatic carbocycles. The Bertz CT molecular complexity index is 356. The molecule has 5 nitrogen and oxygen atoms in total. The number of nitrogens with zero attached hydrogens (tertiary/aromatic N) is 1. The van der Waals surface area contributed by atoms with E-state index in [4.69, 9.17) is 15.3 Å². The molecular weight excluding hydrogens is 208 g/mol. The molecule has 5 heteroatoms. The highest BCUT2D eigenvalue weighted by Gasteiger charge is 2.28. The van der Waals surface area contributed by atoms with Gasteiger partial charge in [0, 0.05) is 0 Å². The Hall–Kier alpha value is -1.59. The summed E-state index contributed by atoms with van der Waals surface area (Å²) in [4.78, 5) is 10.9. The third-order valence-electron chi connectivity index (χ3n) is 2.32. The molecule has 86 valence electrons. The third-order valence-corrected chi connectivity index (χ3v) is 2.32. The Kier molecular flexibility index (Phi) is 3.38. The van der Waals surface area contributed by atoms with Gasteiger partial charge in [-0.3, -0.25) is 0 Å². The maximum Gasteiger partial charge on any atom is 0.424 e. The first-order chi connectivity index (χ1) is 7.75. The van der Waals surface area contributed by atoms with Crippen LogP contribution in [0.3, 0.4) is 0 Å². The highest BCUT2D eigenvalue weighted by Crippen LogP contribution is 2.08. The van der Waals surface area contributed by atoms with Gasteiger partial charge in [-0.05, 0) is 5.56 Å². The number of carbonyl (C=O) groups is 1. The molecule has 0 aromatic heterocycles. The molecule has 0 aliphatic carbocycles. The van der Waals surface area contributed by atoms with E-state index in [1.807, 2.05) is 30.3 Å². The van der Waals surface area contributed by atoms with Crippen molar-refractivity contribution in [2.24, 2.45) is 5.84 Å². The van der Waals surface area contributed by atoms with E-state index in [-0.39, 0.29) is 6.10 Å². The van der Waals surface area contributed by atoms with Gasteiger partial charge >= 0.3 is 6.09 Å². The minimum absolute atomic E-state index is 0.263. The lowest BCUT2D eigenvalue weighted by Crippen LogP contribution is -2.32. The molecular formula is C11H14N2O3. The summed E-state index contributed by atoms with van der Waals surface area (Å²) in [6, 6.07) is 9.83. The molecule has 0 radical (unpaired) electrons. The number of benzene rings is 1. The molecule has 1 fully saturated rings. The van der Waals surface area contributed by atoms with E-state index in [2.05, 4.69) is 0 Å².